The number of aryl methyl sites for hydroxylation is 1. The molecule has 0 fully saturated rings. The molecular weight excluding hydrogens is 315 g/mol. The number of anilines is 1. The molecular formula is C16H13FN4O3. The van der Waals surface area contributed by atoms with Crippen LogP contribution in [0.15, 0.2) is 51.8 Å². The average Bonchev–Trinajstić information content (AvgIpc) is 2.94. The van der Waals surface area contributed by atoms with Crippen molar-refractivity contribution < 1.29 is 13.7 Å². The van der Waals surface area contributed by atoms with Crippen LogP contribution in [0, 0.1) is 12.7 Å². The molecule has 0 bridgehead atoms. The molecule has 8 heteroatoms. The summed E-state index contributed by atoms with van der Waals surface area (Å²) in [5.74, 6) is -0.767. The maximum absolute atomic E-state index is 13.2. The summed E-state index contributed by atoms with van der Waals surface area (Å²) in [4.78, 5) is 24.0. The second-order valence-electron chi connectivity index (χ2n) is 5.13. The number of carbonyl (C=O) groups excluding carboxylic acids is 1. The number of hydrogen-bond donors (Lipinski definition) is 1. The molecule has 0 aliphatic carbocycles. The molecule has 0 radical (unpaired) electrons. The highest BCUT2D eigenvalue weighted by Crippen LogP contribution is 2.10. The lowest BCUT2D eigenvalue weighted by Crippen LogP contribution is -2.26. The van der Waals surface area contributed by atoms with Crippen molar-refractivity contribution in [3.05, 3.63) is 75.6 Å². The number of hydrogen-bond acceptors (Lipinski definition) is 5. The van der Waals surface area contributed by atoms with E-state index in [2.05, 4.69) is 15.6 Å². The lowest BCUT2D eigenvalue weighted by atomic mass is 10.2. The van der Waals surface area contributed by atoms with E-state index in [0.29, 0.717) is 11.3 Å². The smallest absolute Gasteiger partial charge is 0.278 e. The Morgan fingerprint density at radius 3 is 2.83 bits per heavy atom. The summed E-state index contributed by atoms with van der Waals surface area (Å²) in [5, 5.41) is 10.2. The molecule has 1 N–H and O–H groups in total. The number of nitrogens with zero attached hydrogens (tertiary/aromatic N) is 3. The Balaban J connectivity index is 1.83. The fraction of sp³-hybridized carbons (Fsp3) is 0.125. The van der Waals surface area contributed by atoms with Gasteiger partial charge in [0, 0.05) is 12.1 Å². The van der Waals surface area contributed by atoms with Gasteiger partial charge in [-0.05, 0) is 30.7 Å². The van der Waals surface area contributed by atoms with E-state index in [-0.39, 0.29) is 18.1 Å². The van der Waals surface area contributed by atoms with Gasteiger partial charge in [-0.15, -0.1) is 0 Å². The van der Waals surface area contributed by atoms with Gasteiger partial charge >= 0.3 is 0 Å². The van der Waals surface area contributed by atoms with E-state index in [1.165, 1.54) is 24.3 Å². The van der Waals surface area contributed by atoms with Gasteiger partial charge < -0.3 is 4.52 Å². The van der Waals surface area contributed by atoms with Gasteiger partial charge in [0.2, 0.25) is 5.88 Å². The Kier molecular flexibility index (Phi) is 4.19. The first-order chi connectivity index (χ1) is 11.5. The van der Waals surface area contributed by atoms with Crippen LogP contribution in [0.5, 0.6) is 0 Å². The van der Waals surface area contributed by atoms with Gasteiger partial charge in [-0.2, -0.15) is 5.10 Å². The molecule has 2 heterocycles. The van der Waals surface area contributed by atoms with Crippen LogP contribution >= 0.6 is 0 Å². The number of carbonyl (C=O) groups is 1. The van der Waals surface area contributed by atoms with Crippen molar-refractivity contribution in [1.29, 1.82) is 0 Å². The van der Waals surface area contributed by atoms with E-state index < -0.39 is 17.3 Å². The summed E-state index contributed by atoms with van der Waals surface area (Å²) >= 11 is 0. The zero-order chi connectivity index (χ0) is 17.1. The molecule has 24 heavy (non-hydrogen) atoms. The molecule has 0 saturated heterocycles. The Bertz CT molecular complexity index is 948. The van der Waals surface area contributed by atoms with E-state index in [0.717, 1.165) is 4.68 Å². The fourth-order valence-corrected chi connectivity index (χ4v) is 2.09. The van der Waals surface area contributed by atoms with Crippen LogP contribution in [0.1, 0.15) is 21.7 Å². The minimum Gasteiger partial charge on any atom is -0.338 e. The molecule has 2 aromatic heterocycles. The SMILES string of the molecule is Cc1cc(NC(=O)c2ccc(=O)n(Cc3cccc(F)c3)n2)on1. The Labute approximate surface area is 135 Å². The molecule has 0 unspecified atom stereocenters. The maximum atomic E-state index is 13.2. The third kappa shape index (κ3) is 3.54. The predicted octanol–water partition coefficient (Wildman–Crippen LogP) is 1.98. The maximum Gasteiger partial charge on any atom is 0.278 e. The second-order valence-corrected chi connectivity index (χ2v) is 5.13. The molecule has 0 aliphatic rings. The van der Waals surface area contributed by atoms with Crippen LogP contribution in [-0.2, 0) is 6.54 Å². The molecule has 0 saturated carbocycles. The highest BCUT2D eigenvalue weighted by Gasteiger charge is 2.12. The molecule has 0 atom stereocenters. The highest BCUT2D eigenvalue weighted by atomic mass is 19.1. The van der Waals surface area contributed by atoms with Crippen molar-refractivity contribution in [1.82, 2.24) is 14.9 Å². The van der Waals surface area contributed by atoms with Crippen LogP contribution in [0.25, 0.3) is 0 Å². The Morgan fingerprint density at radius 1 is 1.29 bits per heavy atom. The molecule has 3 rings (SSSR count). The number of rotatable bonds is 4. The van der Waals surface area contributed by atoms with E-state index in [9.17, 15) is 14.0 Å². The second kappa shape index (κ2) is 6.45. The number of halogens is 1. The summed E-state index contributed by atoms with van der Waals surface area (Å²) in [6.07, 6.45) is 0. The molecule has 1 amide bonds. The molecule has 3 aromatic rings. The summed E-state index contributed by atoms with van der Waals surface area (Å²) in [7, 11) is 0. The van der Waals surface area contributed by atoms with Crippen molar-refractivity contribution in [2.75, 3.05) is 5.32 Å². The highest BCUT2D eigenvalue weighted by molar-refractivity contribution is 6.01. The van der Waals surface area contributed by atoms with E-state index in [4.69, 9.17) is 4.52 Å². The number of benzene rings is 1. The van der Waals surface area contributed by atoms with E-state index in [1.54, 1.807) is 25.1 Å². The number of aromatic nitrogens is 3. The quantitative estimate of drug-likeness (QED) is 0.791. The van der Waals surface area contributed by atoms with Gasteiger partial charge in [0.15, 0.2) is 0 Å². The zero-order valence-corrected chi connectivity index (χ0v) is 12.7. The first kappa shape index (κ1) is 15.6. The normalized spacial score (nSPS) is 10.6. The van der Waals surface area contributed by atoms with Crippen molar-refractivity contribution in [3.63, 3.8) is 0 Å². The van der Waals surface area contributed by atoms with Gasteiger partial charge in [0.1, 0.15) is 11.5 Å². The van der Waals surface area contributed by atoms with Crippen molar-refractivity contribution in [3.8, 4) is 0 Å². The van der Waals surface area contributed by atoms with Gasteiger partial charge in [0.25, 0.3) is 11.5 Å². The first-order valence-corrected chi connectivity index (χ1v) is 7.08. The van der Waals surface area contributed by atoms with Gasteiger partial charge in [-0.25, -0.2) is 9.07 Å². The lowest BCUT2D eigenvalue weighted by molar-refractivity contribution is 0.101. The van der Waals surface area contributed by atoms with Crippen molar-refractivity contribution in [2.24, 2.45) is 0 Å². The van der Waals surface area contributed by atoms with Crippen LogP contribution < -0.4 is 10.9 Å². The zero-order valence-electron chi connectivity index (χ0n) is 12.7. The van der Waals surface area contributed by atoms with Gasteiger partial charge in [-0.1, -0.05) is 17.3 Å². The van der Waals surface area contributed by atoms with Gasteiger partial charge in [0.05, 0.1) is 12.2 Å². The van der Waals surface area contributed by atoms with Crippen molar-refractivity contribution >= 4 is 11.8 Å². The third-order valence-electron chi connectivity index (χ3n) is 3.19. The summed E-state index contributed by atoms with van der Waals surface area (Å²) in [6.45, 7) is 1.77. The summed E-state index contributed by atoms with van der Waals surface area (Å²) < 4.78 is 19.2. The third-order valence-corrected chi connectivity index (χ3v) is 3.19. The monoisotopic (exact) mass is 328 g/mol. The first-order valence-electron chi connectivity index (χ1n) is 7.08. The van der Waals surface area contributed by atoms with Crippen LogP contribution in [0.3, 0.4) is 0 Å². The van der Waals surface area contributed by atoms with Crippen molar-refractivity contribution in [2.45, 2.75) is 13.5 Å². The summed E-state index contributed by atoms with van der Waals surface area (Å²) in [5.41, 5.74) is 0.814. The topological polar surface area (TPSA) is 90.0 Å². The summed E-state index contributed by atoms with van der Waals surface area (Å²) in [6, 6.07) is 9.91. The molecule has 122 valence electrons. The van der Waals surface area contributed by atoms with Gasteiger partial charge in [-0.3, -0.25) is 14.9 Å². The van der Waals surface area contributed by atoms with E-state index in [1.807, 2.05) is 0 Å². The molecule has 7 nitrogen and oxygen atoms in total. The van der Waals surface area contributed by atoms with Crippen LogP contribution in [0.2, 0.25) is 0 Å². The largest absolute Gasteiger partial charge is 0.338 e. The Hall–Kier alpha value is -3.29. The molecule has 0 spiro atoms. The minimum absolute atomic E-state index is 0.0278. The number of amides is 1. The van der Waals surface area contributed by atoms with Crippen LogP contribution in [-0.4, -0.2) is 20.8 Å². The number of nitrogens with one attached hydrogen (secondary N) is 1. The lowest BCUT2D eigenvalue weighted by Gasteiger charge is -2.07. The standard InChI is InChI=1S/C16H13FN4O3/c1-10-7-14(24-20-10)18-16(23)13-5-6-15(22)21(19-13)9-11-3-2-4-12(17)8-11/h2-8H,9H2,1H3,(H,18,23). The van der Waals surface area contributed by atoms with E-state index >= 15 is 0 Å². The fourth-order valence-electron chi connectivity index (χ4n) is 2.09. The predicted molar refractivity (Wildman–Crippen MR) is 83.2 cm³/mol. The molecule has 1 aromatic carbocycles. The average molecular weight is 328 g/mol. The Morgan fingerprint density at radius 2 is 2.12 bits per heavy atom. The van der Waals surface area contributed by atoms with Crippen LogP contribution in [0.4, 0.5) is 10.3 Å². The minimum atomic E-state index is -0.542. The molecule has 0 aliphatic heterocycles.